The second-order valence-corrected chi connectivity index (χ2v) is 12.1. The molecule has 3 aliphatic heterocycles. The number of fused-ring (bicyclic) bond motifs is 6. The lowest BCUT2D eigenvalue weighted by Crippen LogP contribution is -2.30. The molecule has 5 rings (SSSR count). The van der Waals surface area contributed by atoms with Crippen LogP contribution in [0, 0.1) is 0 Å². The van der Waals surface area contributed by atoms with Crippen LogP contribution >= 0.6 is 10.0 Å². The Morgan fingerprint density at radius 2 is 1.22 bits per heavy atom. The summed E-state index contributed by atoms with van der Waals surface area (Å²) in [6, 6.07) is 8.55. The van der Waals surface area contributed by atoms with E-state index >= 15 is 0 Å². The predicted molar refractivity (Wildman–Crippen MR) is 115 cm³/mol. The van der Waals surface area contributed by atoms with Crippen LogP contribution in [0.4, 0.5) is 11.4 Å². The van der Waals surface area contributed by atoms with Gasteiger partial charge in [0.1, 0.15) is 0 Å². The number of rotatable bonds is 0. The minimum Gasteiger partial charge on any atom is -0.374 e. The first kappa shape index (κ1) is 17.2. The standard InChI is InChI=1S/C23H28N2OS/c1-24-13-5-7-15-19(24)11-9-17-21(26)18-10-12-20-16(8-6-14-25(20)2)23(18)27(3,4)22(15)17/h9-12H,5-8,13-14H2,1-4H3. The van der Waals surface area contributed by atoms with Gasteiger partial charge in [-0.05, 0) is 73.6 Å². The van der Waals surface area contributed by atoms with Crippen molar-refractivity contribution >= 4 is 27.2 Å². The third-order valence-corrected chi connectivity index (χ3v) is 9.62. The molecular formula is C23H28N2OS. The zero-order chi connectivity index (χ0) is 18.9. The maximum atomic E-state index is 13.5. The topological polar surface area (TPSA) is 23.6 Å². The number of ketones is 1. The molecular weight excluding hydrogens is 352 g/mol. The van der Waals surface area contributed by atoms with Gasteiger partial charge in [0.05, 0.1) is 0 Å². The molecule has 0 saturated carbocycles. The summed E-state index contributed by atoms with van der Waals surface area (Å²) in [5.74, 6) is 0.235. The van der Waals surface area contributed by atoms with Crippen LogP contribution in [-0.4, -0.2) is 45.5 Å². The van der Waals surface area contributed by atoms with Gasteiger partial charge in [-0.15, -0.1) is 0 Å². The average molecular weight is 381 g/mol. The summed E-state index contributed by atoms with van der Waals surface area (Å²) in [6.07, 6.45) is 9.37. The summed E-state index contributed by atoms with van der Waals surface area (Å²) >= 11 is 0. The van der Waals surface area contributed by atoms with E-state index in [-0.39, 0.29) is 5.78 Å². The second-order valence-electron chi connectivity index (χ2n) is 8.59. The van der Waals surface area contributed by atoms with Crippen molar-refractivity contribution in [3.63, 3.8) is 0 Å². The number of anilines is 2. The van der Waals surface area contributed by atoms with Crippen molar-refractivity contribution in [3.8, 4) is 0 Å². The fourth-order valence-corrected chi connectivity index (χ4v) is 8.70. The molecule has 2 aromatic carbocycles. The molecule has 0 N–H and O–H groups in total. The zero-order valence-corrected chi connectivity index (χ0v) is 17.6. The van der Waals surface area contributed by atoms with E-state index in [0.29, 0.717) is 0 Å². The number of carbonyl (C=O) groups excluding carboxylic acids is 1. The van der Waals surface area contributed by atoms with Crippen LogP contribution in [0.15, 0.2) is 34.1 Å². The molecule has 27 heavy (non-hydrogen) atoms. The molecule has 0 aromatic heterocycles. The van der Waals surface area contributed by atoms with Crippen LogP contribution in [-0.2, 0) is 12.8 Å². The van der Waals surface area contributed by atoms with Crippen LogP contribution in [0.2, 0.25) is 0 Å². The molecule has 0 aliphatic carbocycles. The van der Waals surface area contributed by atoms with E-state index in [4.69, 9.17) is 0 Å². The fourth-order valence-electron chi connectivity index (χ4n) is 5.43. The van der Waals surface area contributed by atoms with Crippen LogP contribution in [0.25, 0.3) is 0 Å². The van der Waals surface area contributed by atoms with E-state index < -0.39 is 10.0 Å². The highest BCUT2D eigenvalue weighted by Gasteiger charge is 2.39. The molecule has 0 bridgehead atoms. The molecule has 0 saturated heterocycles. The monoisotopic (exact) mass is 380 g/mol. The summed E-state index contributed by atoms with van der Waals surface area (Å²) in [6.45, 7) is 2.21. The Kier molecular flexibility index (Phi) is 3.68. The van der Waals surface area contributed by atoms with Crippen molar-refractivity contribution in [1.29, 1.82) is 0 Å². The highest BCUT2D eigenvalue weighted by molar-refractivity contribution is 8.33. The van der Waals surface area contributed by atoms with Crippen molar-refractivity contribution < 1.29 is 4.79 Å². The molecule has 142 valence electrons. The van der Waals surface area contributed by atoms with E-state index in [0.717, 1.165) is 37.1 Å². The van der Waals surface area contributed by atoms with Gasteiger partial charge in [-0.1, -0.05) is 0 Å². The first-order valence-corrected chi connectivity index (χ1v) is 12.4. The molecule has 3 aliphatic rings. The minimum atomic E-state index is -1.24. The van der Waals surface area contributed by atoms with Crippen molar-refractivity contribution in [1.82, 2.24) is 0 Å². The van der Waals surface area contributed by atoms with Gasteiger partial charge in [0.2, 0.25) is 0 Å². The maximum absolute atomic E-state index is 13.5. The Bertz CT molecular complexity index is 903. The van der Waals surface area contributed by atoms with Gasteiger partial charge < -0.3 is 9.80 Å². The third kappa shape index (κ3) is 2.25. The molecule has 0 fully saturated rings. The maximum Gasteiger partial charge on any atom is 0.195 e. The lowest BCUT2D eigenvalue weighted by atomic mass is 9.92. The van der Waals surface area contributed by atoms with Gasteiger partial charge in [0.25, 0.3) is 0 Å². The van der Waals surface area contributed by atoms with E-state index in [1.807, 2.05) is 0 Å². The summed E-state index contributed by atoms with van der Waals surface area (Å²) < 4.78 is 0. The molecule has 3 nitrogen and oxygen atoms in total. The summed E-state index contributed by atoms with van der Waals surface area (Å²) in [5.41, 5.74) is 7.45. The lowest BCUT2D eigenvalue weighted by molar-refractivity contribution is 0.103. The molecule has 0 radical (unpaired) electrons. The molecule has 0 amide bonds. The molecule has 0 unspecified atom stereocenters. The Hall–Kier alpha value is -1.94. The van der Waals surface area contributed by atoms with Gasteiger partial charge in [-0.2, -0.15) is 10.0 Å². The lowest BCUT2D eigenvalue weighted by Gasteiger charge is -2.45. The molecule has 4 heteroatoms. The second kappa shape index (κ2) is 5.78. The van der Waals surface area contributed by atoms with Gasteiger partial charge in [-0.25, -0.2) is 0 Å². The quantitative estimate of drug-likeness (QED) is 0.673. The first-order chi connectivity index (χ1) is 12.9. The van der Waals surface area contributed by atoms with E-state index in [1.54, 1.807) is 0 Å². The van der Waals surface area contributed by atoms with Crippen LogP contribution in [0.1, 0.15) is 39.9 Å². The SMILES string of the molecule is CN1CCCc2c1ccc1c2S(C)(C)c2c(ccc3c2CCCN3C)C1=O. The highest BCUT2D eigenvalue weighted by atomic mass is 32.3. The molecule has 3 heterocycles. The number of hydrogen-bond donors (Lipinski definition) is 0. The van der Waals surface area contributed by atoms with E-state index in [9.17, 15) is 4.79 Å². The normalized spacial score (nSPS) is 21.1. The molecule has 0 atom stereocenters. The Labute approximate surface area is 163 Å². The predicted octanol–water partition coefficient (Wildman–Crippen LogP) is 4.48. The fraction of sp³-hybridized carbons (Fsp3) is 0.435. The number of carbonyl (C=O) groups is 1. The highest BCUT2D eigenvalue weighted by Crippen LogP contribution is 2.66. The average Bonchev–Trinajstić information content (AvgIpc) is 2.65. The van der Waals surface area contributed by atoms with Gasteiger partial charge >= 0.3 is 0 Å². The zero-order valence-electron chi connectivity index (χ0n) is 16.8. The van der Waals surface area contributed by atoms with Gasteiger partial charge in [0.15, 0.2) is 5.78 Å². The van der Waals surface area contributed by atoms with Crippen molar-refractivity contribution in [2.45, 2.75) is 35.5 Å². The largest absolute Gasteiger partial charge is 0.374 e. The van der Waals surface area contributed by atoms with Gasteiger partial charge in [-0.3, -0.25) is 4.79 Å². The smallest absolute Gasteiger partial charge is 0.195 e. The van der Waals surface area contributed by atoms with Crippen LogP contribution in [0.5, 0.6) is 0 Å². The molecule has 2 aromatic rings. The Balaban J connectivity index is 1.82. The number of benzene rings is 2. The summed E-state index contributed by atoms with van der Waals surface area (Å²) in [4.78, 5) is 21.0. The number of hydrogen-bond acceptors (Lipinski definition) is 3. The van der Waals surface area contributed by atoms with Gasteiger partial charge in [0, 0.05) is 59.5 Å². The van der Waals surface area contributed by atoms with Crippen molar-refractivity contribution in [2.75, 3.05) is 49.5 Å². The van der Waals surface area contributed by atoms with Crippen molar-refractivity contribution in [3.05, 3.63) is 46.5 Å². The third-order valence-electron chi connectivity index (χ3n) is 6.64. The summed E-state index contributed by atoms with van der Waals surface area (Å²) in [5, 5.41) is 0. The molecule has 0 spiro atoms. The Morgan fingerprint density at radius 3 is 1.67 bits per heavy atom. The minimum absolute atomic E-state index is 0.235. The van der Waals surface area contributed by atoms with Crippen LogP contribution in [0.3, 0.4) is 0 Å². The summed E-state index contributed by atoms with van der Waals surface area (Å²) in [7, 11) is 3.13. The van der Waals surface area contributed by atoms with E-state index in [1.165, 1.54) is 45.1 Å². The first-order valence-electron chi connectivity index (χ1n) is 9.93. The van der Waals surface area contributed by atoms with Crippen LogP contribution < -0.4 is 9.80 Å². The Morgan fingerprint density at radius 1 is 0.778 bits per heavy atom. The van der Waals surface area contributed by atoms with E-state index in [2.05, 4.69) is 60.7 Å². The van der Waals surface area contributed by atoms with Crippen molar-refractivity contribution in [2.24, 2.45) is 0 Å². The number of nitrogens with zero attached hydrogens (tertiary/aromatic N) is 2.